The van der Waals surface area contributed by atoms with Crippen LogP contribution in [0.15, 0.2) is 24.3 Å². The third-order valence-electron chi connectivity index (χ3n) is 3.33. The number of anilines is 1. The quantitative estimate of drug-likeness (QED) is 0.710. The van der Waals surface area contributed by atoms with Crippen molar-refractivity contribution in [1.82, 2.24) is 0 Å². The van der Waals surface area contributed by atoms with Gasteiger partial charge in [0.05, 0.1) is 11.8 Å². The lowest BCUT2D eigenvalue weighted by molar-refractivity contribution is 0.0943. The summed E-state index contributed by atoms with van der Waals surface area (Å²) < 4.78 is 0. The van der Waals surface area contributed by atoms with E-state index in [0.717, 1.165) is 0 Å². The summed E-state index contributed by atoms with van der Waals surface area (Å²) >= 11 is 0. The topological polar surface area (TPSA) is 68.0 Å². The molecule has 3 rings (SSSR count). The van der Waals surface area contributed by atoms with E-state index in [-0.39, 0.29) is 5.78 Å². The van der Waals surface area contributed by atoms with Crippen molar-refractivity contribution in [3.63, 3.8) is 0 Å². The first-order chi connectivity index (χ1) is 7.70. The minimum absolute atomic E-state index is 0.159. The fourth-order valence-corrected chi connectivity index (χ4v) is 2.56. The highest BCUT2D eigenvalue weighted by Crippen LogP contribution is 2.45. The first kappa shape index (κ1) is 9.10. The van der Waals surface area contributed by atoms with Crippen LogP contribution in [0.3, 0.4) is 0 Å². The van der Waals surface area contributed by atoms with Crippen LogP contribution in [0.5, 0.6) is 0 Å². The molecule has 4 nitrogen and oxygen atoms in total. The largest absolute Gasteiger partial charge is 0.303 e. The zero-order chi connectivity index (χ0) is 11.3. The van der Waals surface area contributed by atoms with Crippen LogP contribution in [0.2, 0.25) is 0 Å². The Labute approximate surface area is 92.6 Å². The van der Waals surface area contributed by atoms with E-state index in [2.05, 4.69) is 6.07 Å². The summed E-state index contributed by atoms with van der Waals surface area (Å²) in [7, 11) is 0. The fraction of sp³-hybridized carbons (Fsp3) is 0.250. The number of nitrogens with one attached hydrogen (secondary N) is 1. The highest BCUT2D eigenvalue weighted by molar-refractivity contribution is 6.24. The van der Waals surface area contributed by atoms with Gasteiger partial charge in [-0.3, -0.25) is 10.2 Å². The van der Waals surface area contributed by atoms with E-state index >= 15 is 0 Å². The Hall–Kier alpha value is -2.15. The van der Waals surface area contributed by atoms with Crippen molar-refractivity contribution < 1.29 is 4.79 Å². The van der Waals surface area contributed by atoms with Gasteiger partial charge in [0.1, 0.15) is 5.84 Å². The summed E-state index contributed by atoms with van der Waals surface area (Å²) in [5.74, 6) is 0.202. The predicted molar refractivity (Wildman–Crippen MR) is 58.6 cm³/mol. The number of carbonyl (C=O) groups is 1. The van der Waals surface area contributed by atoms with Gasteiger partial charge in [-0.25, -0.2) is 0 Å². The average Bonchev–Trinajstić information content (AvgIpc) is 2.77. The predicted octanol–water partition coefficient (Wildman–Crippen LogP) is 1.72. The molecule has 0 amide bonds. The number of Topliss-reactive ketones (excluding diaryl/α,β-unsaturated/α-hetero) is 1. The maximum absolute atomic E-state index is 12.2. The molecule has 1 atom stereocenters. The summed E-state index contributed by atoms with van der Waals surface area (Å²) in [6.07, 6.45) is 0.920. The first-order valence-electron chi connectivity index (χ1n) is 5.13. The van der Waals surface area contributed by atoms with Gasteiger partial charge < -0.3 is 4.90 Å². The van der Waals surface area contributed by atoms with Gasteiger partial charge in [0, 0.05) is 12.0 Å². The van der Waals surface area contributed by atoms with E-state index in [4.69, 9.17) is 5.41 Å². The van der Waals surface area contributed by atoms with E-state index in [0.29, 0.717) is 29.9 Å². The SMILES string of the molecule is N#CC12CCC(=N)N1c1ccccc1C2=O. The van der Waals surface area contributed by atoms with Crippen LogP contribution in [-0.4, -0.2) is 17.2 Å². The van der Waals surface area contributed by atoms with Crippen molar-refractivity contribution in [3.05, 3.63) is 29.8 Å². The van der Waals surface area contributed by atoms with E-state index < -0.39 is 5.54 Å². The molecule has 1 aromatic carbocycles. The van der Waals surface area contributed by atoms with Gasteiger partial charge >= 0.3 is 0 Å². The Bertz CT molecular complexity index is 558. The summed E-state index contributed by atoms with van der Waals surface area (Å²) in [5.41, 5.74) is 0.130. The Balaban J connectivity index is 2.31. The molecule has 0 bridgehead atoms. The van der Waals surface area contributed by atoms with Gasteiger partial charge in [0.25, 0.3) is 0 Å². The van der Waals surface area contributed by atoms with E-state index in [9.17, 15) is 10.1 Å². The van der Waals surface area contributed by atoms with Crippen molar-refractivity contribution in [3.8, 4) is 6.07 Å². The smallest absolute Gasteiger partial charge is 0.205 e. The van der Waals surface area contributed by atoms with Crippen molar-refractivity contribution in [2.24, 2.45) is 0 Å². The molecule has 0 spiro atoms. The number of fused-ring (bicyclic) bond motifs is 3. The number of para-hydroxylation sites is 1. The second-order valence-electron chi connectivity index (χ2n) is 4.10. The molecule has 4 heteroatoms. The van der Waals surface area contributed by atoms with Gasteiger partial charge in [-0.15, -0.1) is 0 Å². The highest BCUT2D eigenvalue weighted by atomic mass is 16.1. The fourth-order valence-electron chi connectivity index (χ4n) is 2.56. The molecule has 0 radical (unpaired) electrons. The van der Waals surface area contributed by atoms with Crippen LogP contribution >= 0.6 is 0 Å². The molecule has 2 aliphatic heterocycles. The zero-order valence-electron chi connectivity index (χ0n) is 8.53. The third kappa shape index (κ3) is 0.797. The molecule has 0 saturated carbocycles. The number of ketones is 1. The molecule has 0 aliphatic carbocycles. The minimum atomic E-state index is -1.14. The second-order valence-corrected chi connectivity index (χ2v) is 4.10. The number of rotatable bonds is 0. The standard InChI is InChI=1S/C12H9N3O/c13-7-12-6-5-10(14)15(12)9-4-2-1-3-8(9)11(12)16/h1-4,14H,5-6H2. The molecule has 16 heavy (non-hydrogen) atoms. The van der Waals surface area contributed by atoms with E-state index in [1.807, 2.05) is 6.07 Å². The summed E-state index contributed by atoms with van der Waals surface area (Å²) in [4.78, 5) is 13.8. The second kappa shape index (κ2) is 2.70. The summed E-state index contributed by atoms with van der Waals surface area (Å²) in [6, 6.07) is 9.23. The molecule has 1 unspecified atom stereocenters. The summed E-state index contributed by atoms with van der Waals surface area (Å²) in [6.45, 7) is 0. The number of amidine groups is 1. The van der Waals surface area contributed by atoms with Crippen LogP contribution in [-0.2, 0) is 0 Å². The molecule has 78 valence electrons. The van der Waals surface area contributed by atoms with Crippen LogP contribution in [0.4, 0.5) is 5.69 Å². The number of carbonyl (C=O) groups excluding carboxylic acids is 1. The molecular weight excluding hydrogens is 202 g/mol. The molecule has 2 heterocycles. The lowest BCUT2D eigenvalue weighted by Gasteiger charge is -2.24. The number of nitrogens with zero attached hydrogens (tertiary/aromatic N) is 2. The van der Waals surface area contributed by atoms with Crippen molar-refractivity contribution in [1.29, 1.82) is 10.7 Å². The Morgan fingerprint density at radius 1 is 1.44 bits per heavy atom. The maximum Gasteiger partial charge on any atom is 0.205 e. The Kier molecular flexibility index (Phi) is 1.54. The Morgan fingerprint density at radius 2 is 2.19 bits per heavy atom. The van der Waals surface area contributed by atoms with Crippen LogP contribution < -0.4 is 4.90 Å². The monoisotopic (exact) mass is 211 g/mol. The third-order valence-corrected chi connectivity index (χ3v) is 3.33. The van der Waals surface area contributed by atoms with Crippen molar-refractivity contribution in [2.75, 3.05) is 4.90 Å². The minimum Gasteiger partial charge on any atom is -0.303 e. The number of benzene rings is 1. The number of nitriles is 1. The van der Waals surface area contributed by atoms with E-state index in [1.54, 1.807) is 23.1 Å². The molecule has 1 saturated heterocycles. The normalized spacial score (nSPS) is 26.6. The molecule has 1 aromatic rings. The van der Waals surface area contributed by atoms with Crippen LogP contribution in [0, 0.1) is 16.7 Å². The first-order valence-corrected chi connectivity index (χ1v) is 5.13. The molecule has 1 N–H and O–H groups in total. The van der Waals surface area contributed by atoms with Crippen molar-refractivity contribution in [2.45, 2.75) is 18.4 Å². The number of hydrogen-bond acceptors (Lipinski definition) is 3. The summed E-state index contributed by atoms with van der Waals surface area (Å²) in [5, 5.41) is 17.1. The van der Waals surface area contributed by atoms with Crippen molar-refractivity contribution >= 4 is 17.3 Å². The average molecular weight is 211 g/mol. The van der Waals surface area contributed by atoms with Gasteiger partial charge in [-0.1, -0.05) is 12.1 Å². The molecule has 1 fully saturated rings. The lowest BCUT2D eigenvalue weighted by atomic mass is 9.92. The molecule has 0 aromatic heterocycles. The van der Waals surface area contributed by atoms with Crippen LogP contribution in [0.25, 0.3) is 0 Å². The zero-order valence-corrected chi connectivity index (χ0v) is 8.53. The molecular formula is C12H9N3O. The highest BCUT2D eigenvalue weighted by Gasteiger charge is 2.56. The van der Waals surface area contributed by atoms with Gasteiger partial charge in [-0.05, 0) is 18.6 Å². The van der Waals surface area contributed by atoms with E-state index in [1.165, 1.54) is 0 Å². The number of hydrogen-bond donors (Lipinski definition) is 1. The maximum atomic E-state index is 12.2. The lowest BCUT2D eigenvalue weighted by Crippen LogP contribution is -2.45. The van der Waals surface area contributed by atoms with Gasteiger partial charge in [0.2, 0.25) is 5.78 Å². The van der Waals surface area contributed by atoms with Gasteiger partial charge in [0.15, 0.2) is 5.54 Å². The Morgan fingerprint density at radius 3 is 2.94 bits per heavy atom. The van der Waals surface area contributed by atoms with Crippen LogP contribution in [0.1, 0.15) is 23.2 Å². The molecule has 2 aliphatic rings. The van der Waals surface area contributed by atoms with Gasteiger partial charge in [-0.2, -0.15) is 5.26 Å².